The van der Waals surface area contributed by atoms with Crippen LogP contribution in [-0.2, 0) is 16.6 Å². The summed E-state index contributed by atoms with van der Waals surface area (Å²) in [7, 11) is -5.53. The van der Waals surface area contributed by atoms with Crippen LogP contribution in [0.2, 0.25) is 16.6 Å². The Hall–Kier alpha value is -3.71. The summed E-state index contributed by atoms with van der Waals surface area (Å²) in [6.07, 6.45) is 1.71. The number of nitrogens with zero attached hydrogens (tertiary/aromatic N) is 4. The van der Waals surface area contributed by atoms with Gasteiger partial charge in [-0.05, 0) is 34.3 Å². The average molecular weight is 602 g/mol. The van der Waals surface area contributed by atoms with Crippen molar-refractivity contribution in [3.05, 3.63) is 65.2 Å². The van der Waals surface area contributed by atoms with E-state index in [1.54, 1.807) is 0 Å². The smallest absolute Gasteiger partial charge is 0.274 e. The number of hydrogen-bond donors (Lipinski definition) is 1. The topological polar surface area (TPSA) is 131 Å². The first-order chi connectivity index (χ1) is 19.2. The molecule has 0 spiro atoms. The number of halogens is 1. The lowest BCUT2D eigenvalue weighted by Crippen LogP contribution is -2.51. The maximum Gasteiger partial charge on any atom is 0.274 e. The van der Waals surface area contributed by atoms with Crippen LogP contribution in [0.5, 0.6) is 5.75 Å². The van der Waals surface area contributed by atoms with E-state index in [9.17, 15) is 22.4 Å². The predicted molar refractivity (Wildman–Crippen MR) is 159 cm³/mol. The van der Waals surface area contributed by atoms with Gasteiger partial charge in [0.05, 0.1) is 6.20 Å². The van der Waals surface area contributed by atoms with Gasteiger partial charge in [0, 0.05) is 19.0 Å². The van der Waals surface area contributed by atoms with Gasteiger partial charge >= 0.3 is 0 Å². The van der Waals surface area contributed by atoms with Crippen molar-refractivity contribution in [1.29, 1.82) is 0 Å². The number of fused-ring (bicyclic) bond motifs is 1. The van der Waals surface area contributed by atoms with E-state index < -0.39 is 30.1 Å². The van der Waals surface area contributed by atoms with Crippen molar-refractivity contribution in [2.45, 2.75) is 64.7 Å². The van der Waals surface area contributed by atoms with Crippen LogP contribution in [-0.4, -0.2) is 50.9 Å². The first-order valence-corrected chi connectivity index (χ1v) is 16.8. The Balaban J connectivity index is 2.37. The van der Waals surface area contributed by atoms with Crippen molar-refractivity contribution >= 4 is 47.4 Å². The Labute approximate surface area is 241 Å². The van der Waals surface area contributed by atoms with Gasteiger partial charge in [-0.2, -0.15) is 0 Å². The van der Waals surface area contributed by atoms with Crippen molar-refractivity contribution in [1.82, 2.24) is 20.3 Å². The number of anilines is 1. The fourth-order valence-corrected chi connectivity index (χ4v) is 11.1. The molecule has 0 aliphatic carbocycles. The van der Waals surface area contributed by atoms with Gasteiger partial charge in [-0.15, -0.1) is 0 Å². The minimum absolute atomic E-state index is 0.0303. The molecule has 2 heterocycles. The molecule has 1 N–H and O–H groups in total. The zero-order valence-corrected chi connectivity index (χ0v) is 26.1. The van der Waals surface area contributed by atoms with E-state index in [0.717, 1.165) is 9.71 Å². The quantitative estimate of drug-likeness (QED) is 0.217. The number of pyridine rings is 1. The van der Waals surface area contributed by atoms with Gasteiger partial charge in [-0.1, -0.05) is 60.3 Å². The molecule has 10 nitrogen and oxygen atoms in total. The Morgan fingerprint density at radius 3 is 2.17 bits per heavy atom. The SMILES string of the molecule is C=CS(=O)(=O)N(C)c1nc(C(=O)NCc2ccc(F)cc2)c(O[Si](C(C)C)(C(C)C)C(C)C)c2nc(C=O)cnc12. The molecule has 0 bridgehead atoms. The Morgan fingerprint density at radius 1 is 1.07 bits per heavy atom. The summed E-state index contributed by atoms with van der Waals surface area (Å²) in [6.45, 7) is 15.8. The van der Waals surface area contributed by atoms with E-state index in [0.29, 0.717) is 11.8 Å². The van der Waals surface area contributed by atoms with Crippen LogP contribution in [0.25, 0.3) is 11.0 Å². The first-order valence-electron chi connectivity index (χ1n) is 13.2. The van der Waals surface area contributed by atoms with Crippen molar-refractivity contribution in [3.63, 3.8) is 0 Å². The van der Waals surface area contributed by atoms with Gasteiger partial charge in [0.15, 0.2) is 23.5 Å². The number of hydrogen-bond acceptors (Lipinski definition) is 8. The average Bonchev–Trinajstić information content (AvgIpc) is 2.93. The maximum atomic E-state index is 13.8. The van der Waals surface area contributed by atoms with Crippen molar-refractivity contribution in [3.8, 4) is 5.75 Å². The lowest BCUT2D eigenvalue weighted by atomic mass is 10.2. The number of carbonyl (C=O) groups is 2. The molecule has 0 aliphatic rings. The molecule has 0 atom stereocenters. The summed E-state index contributed by atoms with van der Waals surface area (Å²) in [6, 6.07) is 5.63. The molecule has 41 heavy (non-hydrogen) atoms. The van der Waals surface area contributed by atoms with Gasteiger partial charge in [-0.3, -0.25) is 13.9 Å². The Morgan fingerprint density at radius 2 is 1.66 bits per heavy atom. The molecule has 0 saturated carbocycles. The fourth-order valence-electron chi connectivity index (χ4n) is 5.20. The van der Waals surface area contributed by atoms with Crippen LogP contribution >= 0.6 is 0 Å². The van der Waals surface area contributed by atoms with E-state index >= 15 is 0 Å². The number of sulfonamides is 1. The highest BCUT2D eigenvalue weighted by molar-refractivity contribution is 7.95. The third-order valence-electron chi connectivity index (χ3n) is 7.23. The second-order valence-electron chi connectivity index (χ2n) is 10.6. The van der Waals surface area contributed by atoms with Crippen molar-refractivity contribution in [2.24, 2.45) is 0 Å². The summed E-state index contributed by atoms with van der Waals surface area (Å²) in [5.41, 5.74) is 0.751. The van der Waals surface area contributed by atoms with Crippen LogP contribution in [0.15, 0.2) is 42.4 Å². The van der Waals surface area contributed by atoms with Gasteiger partial charge in [0.2, 0.25) is 0 Å². The number of benzene rings is 1. The molecule has 13 heteroatoms. The largest absolute Gasteiger partial charge is 0.540 e. The standard InChI is InChI=1S/C28H36FN5O5SSi/c1-9-40(37,38)34(8)27-24-23(32-22(16-35)15-30-24)26(39-41(17(2)3,18(4)5)19(6)7)25(33-27)28(36)31-14-20-10-12-21(29)13-11-20/h9-13,15-19H,1,14H2,2-8H3,(H,31,36). The zero-order chi connectivity index (χ0) is 30.7. The van der Waals surface area contributed by atoms with Crippen LogP contribution in [0.4, 0.5) is 10.2 Å². The highest BCUT2D eigenvalue weighted by atomic mass is 32.2. The molecule has 0 unspecified atom stereocenters. The van der Waals surface area contributed by atoms with Crippen LogP contribution in [0.3, 0.4) is 0 Å². The van der Waals surface area contributed by atoms with Gasteiger partial charge < -0.3 is 9.74 Å². The van der Waals surface area contributed by atoms with Crippen LogP contribution < -0.4 is 14.0 Å². The number of aromatic nitrogens is 3. The van der Waals surface area contributed by atoms with E-state index in [1.165, 1.54) is 37.5 Å². The molecule has 1 aromatic carbocycles. The van der Waals surface area contributed by atoms with E-state index in [-0.39, 0.29) is 57.2 Å². The number of aldehydes is 1. The lowest BCUT2D eigenvalue weighted by Gasteiger charge is -2.42. The van der Waals surface area contributed by atoms with E-state index in [1.807, 2.05) is 0 Å². The molecule has 2 aromatic heterocycles. The first kappa shape index (κ1) is 31.8. The predicted octanol–water partition coefficient (Wildman–Crippen LogP) is 5.37. The third-order valence-corrected chi connectivity index (χ3v) is 14.6. The second-order valence-corrected chi connectivity index (χ2v) is 17.9. The van der Waals surface area contributed by atoms with Gasteiger partial charge in [-0.25, -0.2) is 27.8 Å². The lowest BCUT2D eigenvalue weighted by molar-refractivity contribution is 0.0943. The van der Waals surface area contributed by atoms with Crippen LogP contribution in [0.1, 0.15) is 68.1 Å². The molecule has 3 rings (SSSR count). The highest BCUT2D eigenvalue weighted by Gasteiger charge is 2.48. The highest BCUT2D eigenvalue weighted by Crippen LogP contribution is 2.45. The van der Waals surface area contributed by atoms with E-state index in [2.05, 4.69) is 68.4 Å². The Bertz CT molecular complexity index is 1540. The maximum absolute atomic E-state index is 13.8. The normalized spacial score (nSPS) is 12.2. The molecule has 220 valence electrons. The number of rotatable bonds is 12. The van der Waals surface area contributed by atoms with Gasteiger partial charge in [0.1, 0.15) is 22.5 Å². The van der Waals surface area contributed by atoms with Gasteiger partial charge in [0.25, 0.3) is 24.2 Å². The molecule has 0 radical (unpaired) electrons. The molecule has 0 fully saturated rings. The third kappa shape index (κ3) is 6.30. The van der Waals surface area contributed by atoms with Crippen LogP contribution in [0, 0.1) is 5.82 Å². The molecule has 0 saturated heterocycles. The monoisotopic (exact) mass is 601 g/mol. The minimum atomic E-state index is -4.05. The fraction of sp³-hybridized carbons (Fsp3) is 0.393. The minimum Gasteiger partial charge on any atom is -0.540 e. The summed E-state index contributed by atoms with van der Waals surface area (Å²) in [5.74, 6) is -1.24. The summed E-state index contributed by atoms with van der Waals surface area (Å²) in [5, 5.41) is 3.52. The van der Waals surface area contributed by atoms with Crippen molar-refractivity contribution in [2.75, 3.05) is 11.4 Å². The number of nitrogens with one attached hydrogen (secondary N) is 1. The van der Waals surface area contributed by atoms with E-state index in [4.69, 9.17) is 4.43 Å². The number of amides is 1. The molecule has 1 amide bonds. The molecular formula is C28H36FN5O5SSi. The zero-order valence-electron chi connectivity index (χ0n) is 24.3. The molecule has 3 aromatic rings. The molecule has 0 aliphatic heterocycles. The summed E-state index contributed by atoms with van der Waals surface area (Å²) < 4.78 is 46.7. The number of carbonyl (C=O) groups excluding carboxylic acids is 2. The summed E-state index contributed by atoms with van der Waals surface area (Å²) >= 11 is 0. The molecular weight excluding hydrogens is 565 g/mol. The second kappa shape index (κ2) is 12.4. The summed E-state index contributed by atoms with van der Waals surface area (Å²) in [4.78, 5) is 38.7. The van der Waals surface area contributed by atoms with Crippen molar-refractivity contribution < 1.29 is 26.8 Å². The Kier molecular flexibility index (Phi) is 9.65.